The molecule has 138 valence electrons. The molecule has 28 heavy (non-hydrogen) atoms. The third kappa shape index (κ3) is 2.37. The molecule has 2 aromatic rings. The second kappa shape index (κ2) is 6.20. The number of halogens is 1. The Bertz CT molecular complexity index is 1140. The Balaban J connectivity index is 1.78. The van der Waals surface area contributed by atoms with Crippen molar-refractivity contribution in [2.75, 3.05) is 0 Å². The normalized spacial score (nSPS) is 21.5. The molecule has 0 radical (unpaired) electrons. The van der Waals surface area contributed by atoms with Crippen LogP contribution >= 0.6 is 0 Å². The van der Waals surface area contributed by atoms with E-state index in [1.165, 1.54) is 12.1 Å². The van der Waals surface area contributed by atoms with Crippen LogP contribution in [0.2, 0.25) is 0 Å². The van der Waals surface area contributed by atoms with Gasteiger partial charge in [0.1, 0.15) is 5.82 Å². The van der Waals surface area contributed by atoms with Crippen LogP contribution in [0.5, 0.6) is 0 Å². The summed E-state index contributed by atoms with van der Waals surface area (Å²) < 4.78 is 14.0. The Morgan fingerprint density at radius 1 is 0.821 bits per heavy atom. The van der Waals surface area contributed by atoms with Crippen molar-refractivity contribution in [3.63, 3.8) is 0 Å². The minimum atomic E-state index is -0.674. The Hall–Kier alpha value is -3.14. The fraction of sp³-hybridized carbons (Fsp3) is 0.208. The number of ketones is 3. The molecular weight excluding hydrogens is 355 g/mol. The van der Waals surface area contributed by atoms with E-state index in [-0.39, 0.29) is 17.3 Å². The lowest BCUT2D eigenvalue weighted by atomic mass is 9.65. The van der Waals surface area contributed by atoms with Gasteiger partial charge in [0.2, 0.25) is 0 Å². The van der Waals surface area contributed by atoms with E-state index in [1.807, 2.05) is 0 Å². The van der Waals surface area contributed by atoms with Gasteiger partial charge in [-0.2, -0.15) is 0 Å². The molecule has 3 nitrogen and oxygen atoms in total. The van der Waals surface area contributed by atoms with Crippen molar-refractivity contribution in [1.29, 1.82) is 0 Å². The average molecular weight is 372 g/mol. The molecule has 0 bridgehead atoms. The summed E-state index contributed by atoms with van der Waals surface area (Å²) >= 11 is 0. The van der Waals surface area contributed by atoms with E-state index in [9.17, 15) is 18.8 Å². The molecule has 0 amide bonds. The van der Waals surface area contributed by atoms with E-state index in [1.54, 1.807) is 36.4 Å². The molecule has 0 saturated heterocycles. The maximum absolute atomic E-state index is 14.0. The van der Waals surface area contributed by atoms with Crippen LogP contribution in [-0.4, -0.2) is 17.3 Å². The zero-order valence-corrected chi connectivity index (χ0v) is 15.1. The predicted molar refractivity (Wildman–Crippen MR) is 102 cm³/mol. The monoisotopic (exact) mass is 372 g/mol. The Labute approximate surface area is 161 Å². The quantitative estimate of drug-likeness (QED) is 0.727. The number of hydrogen-bond donors (Lipinski definition) is 0. The lowest BCUT2D eigenvalue weighted by Gasteiger charge is -2.36. The van der Waals surface area contributed by atoms with Gasteiger partial charge < -0.3 is 0 Å². The predicted octanol–water partition coefficient (Wildman–Crippen LogP) is 4.74. The van der Waals surface area contributed by atoms with Gasteiger partial charge in [-0.1, -0.05) is 42.0 Å². The van der Waals surface area contributed by atoms with Gasteiger partial charge in [0.05, 0.1) is 0 Å². The van der Waals surface area contributed by atoms with E-state index >= 15 is 0 Å². The highest BCUT2D eigenvalue weighted by Crippen LogP contribution is 2.49. The third-order valence-electron chi connectivity index (χ3n) is 5.97. The summed E-state index contributed by atoms with van der Waals surface area (Å²) in [6, 6.07) is 12.8. The van der Waals surface area contributed by atoms with Crippen LogP contribution in [0, 0.1) is 5.82 Å². The first-order valence-corrected chi connectivity index (χ1v) is 9.48. The summed E-state index contributed by atoms with van der Waals surface area (Å²) in [4.78, 5) is 39.4. The van der Waals surface area contributed by atoms with Gasteiger partial charge in [-0.05, 0) is 37.0 Å². The minimum Gasteiger partial charge on any atom is -0.295 e. The number of fused-ring (bicyclic) bond motifs is 1. The summed E-state index contributed by atoms with van der Waals surface area (Å²) in [5.41, 5.74) is 3.65. The Kier molecular flexibility index (Phi) is 3.76. The van der Waals surface area contributed by atoms with Crippen LogP contribution < -0.4 is 0 Å². The van der Waals surface area contributed by atoms with Crippen LogP contribution in [0.15, 0.2) is 70.8 Å². The highest BCUT2D eigenvalue weighted by atomic mass is 19.1. The summed E-state index contributed by atoms with van der Waals surface area (Å²) in [5.74, 6) is -1.49. The highest BCUT2D eigenvalue weighted by molar-refractivity contribution is 6.28. The highest BCUT2D eigenvalue weighted by Gasteiger charge is 2.44. The van der Waals surface area contributed by atoms with Gasteiger partial charge in [0, 0.05) is 40.2 Å². The topological polar surface area (TPSA) is 51.2 Å². The van der Waals surface area contributed by atoms with E-state index < -0.39 is 11.7 Å². The zero-order chi connectivity index (χ0) is 19.4. The molecule has 5 rings (SSSR count). The molecule has 1 atom stereocenters. The number of carbonyl (C=O) groups excluding carboxylic acids is 3. The van der Waals surface area contributed by atoms with E-state index in [4.69, 9.17) is 0 Å². The molecule has 0 spiro atoms. The molecule has 3 aliphatic rings. The van der Waals surface area contributed by atoms with Crippen LogP contribution in [0.25, 0.3) is 0 Å². The largest absolute Gasteiger partial charge is 0.295 e. The first kappa shape index (κ1) is 17.0. The minimum absolute atomic E-state index is 0.00108. The summed E-state index contributed by atoms with van der Waals surface area (Å²) in [6.45, 7) is 0. The van der Waals surface area contributed by atoms with Crippen molar-refractivity contribution in [2.45, 2.75) is 31.6 Å². The molecule has 3 aliphatic carbocycles. The first-order chi connectivity index (χ1) is 13.6. The molecule has 1 unspecified atom stereocenters. The molecular formula is C24H17FO3. The number of hydrogen-bond acceptors (Lipinski definition) is 3. The van der Waals surface area contributed by atoms with E-state index in [2.05, 4.69) is 0 Å². The van der Waals surface area contributed by atoms with Crippen molar-refractivity contribution in [2.24, 2.45) is 0 Å². The molecule has 0 aromatic heterocycles. The number of allylic oxidation sites excluding steroid dienone is 4. The third-order valence-corrected chi connectivity index (χ3v) is 5.97. The number of Topliss-reactive ketones (excluding diaryl/α,β-unsaturated/α-hetero) is 3. The fourth-order valence-corrected chi connectivity index (χ4v) is 4.78. The van der Waals surface area contributed by atoms with Crippen molar-refractivity contribution in [3.8, 4) is 0 Å². The van der Waals surface area contributed by atoms with Gasteiger partial charge in [0.25, 0.3) is 0 Å². The van der Waals surface area contributed by atoms with Crippen LogP contribution in [0.4, 0.5) is 4.39 Å². The lowest BCUT2D eigenvalue weighted by molar-refractivity contribution is -0.116. The lowest BCUT2D eigenvalue weighted by Crippen LogP contribution is -2.33. The summed E-state index contributed by atoms with van der Waals surface area (Å²) in [6.07, 6.45) is 2.23. The van der Waals surface area contributed by atoms with Gasteiger partial charge >= 0.3 is 0 Å². The first-order valence-electron chi connectivity index (χ1n) is 9.48. The molecule has 0 fully saturated rings. The standard InChI is InChI=1S/C24H17FO3/c25-15-7-3-5-13(11-15)21-20-14(6-4-10-19(20)26)12-18-22(21)24(28)17-9-2-1-8-16(17)23(18)27/h1-3,5,7-9,11,21H,4,6,10,12H2. The Morgan fingerprint density at radius 3 is 2.32 bits per heavy atom. The number of benzene rings is 2. The molecule has 0 heterocycles. The molecule has 0 N–H and O–H groups in total. The van der Waals surface area contributed by atoms with Crippen LogP contribution in [-0.2, 0) is 4.79 Å². The Morgan fingerprint density at radius 2 is 1.57 bits per heavy atom. The van der Waals surface area contributed by atoms with E-state index in [0.29, 0.717) is 46.3 Å². The number of rotatable bonds is 1. The SMILES string of the molecule is O=C1CCCC2=C1C(c1cccc(F)c1)C1=C(C2)C(=O)c2ccccc2C1=O. The fourth-order valence-electron chi connectivity index (χ4n) is 4.78. The molecule has 0 aliphatic heterocycles. The smallest absolute Gasteiger partial charge is 0.191 e. The second-order valence-electron chi connectivity index (χ2n) is 7.55. The van der Waals surface area contributed by atoms with Crippen molar-refractivity contribution < 1.29 is 18.8 Å². The van der Waals surface area contributed by atoms with E-state index in [0.717, 1.165) is 18.4 Å². The van der Waals surface area contributed by atoms with Gasteiger partial charge in [-0.25, -0.2) is 4.39 Å². The van der Waals surface area contributed by atoms with Crippen molar-refractivity contribution >= 4 is 17.3 Å². The zero-order valence-electron chi connectivity index (χ0n) is 15.1. The molecule has 4 heteroatoms. The molecule has 0 saturated carbocycles. The maximum Gasteiger partial charge on any atom is 0.191 e. The van der Waals surface area contributed by atoms with Crippen molar-refractivity contribution in [3.05, 3.63) is 93.3 Å². The van der Waals surface area contributed by atoms with Crippen molar-refractivity contribution in [1.82, 2.24) is 0 Å². The van der Waals surface area contributed by atoms with Gasteiger partial charge in [0.15, 0.2) is 17.3 Å². The average Bonchev–Trinajstić information content (AvgIpc) is 2.71. The molecule has 2 aromatic carbocycles. The number of carbonyl (C=O) groups is 3. The van der Waals surface area contributed by atoms with Gasteiger partial charge in [-0.3, -0.25) is 14.4 Å². The second-order valence-corrected chi connectivity index (χ2v) is 7.55. The summed E-state index contributed by atoms with van der Waals surface area (Å²) in [7, 11) is 0. The van der Waals surface area contributed by atoms with Crippen LogP contribution in [0.3, 0.4) is 0 Å². The van der Waals surface area contributed by atoms with Gasteiger partial charge in [-0.15, -0.1) is 0 Å². The summed E-state index contributed by atoms with van der Waals surface area (Å²) in [5, 5.41) is 0. The maximum atomic E-state index is 14.0. The van der Waals surface area contributed by atoms with Crippen LogP contribution in [0.1, 0.15) is 57.9 Å².